The molecule has 0 radical (unpaired) electrons. The van der Waals surface area contributed by atoms with E-state index < -0.39 is 0 Å². The van der Waals surface area contributed by atoms with E-state index in [1.165, 1.54) is 20.2 Å². The fourth-order valence-corrected chi connectivity index (χ4v) is 8.38. The number of furan rings is 1. The van der Waals surface area contributed by atoms with E-state index in [9.17, 15) is 0 Å². The van der Waals surface area contributed by atoms with Crippen molar-refractivity contribution in [3.63, 3.8) is 0 Å². The summed E-state index contributed by atoms with van der Waals surface area (Å²) in [5.74, 6) is 1.89. The number of benzene rings is 6. The number of aromatic nitrogens is 4. The first kappa shape index (κ1) is 26.5. The van der Waals surface area contributed by atoms with Crippen LogP contribution in [0, 0.1) is 0 Å². The van der Waals surface area contributed by atoms with E-state index >= 15 is 0 Å². The van der Waals surface area contributed by atoms with Crippen LogP contribution in [0.3, 0.4) is 0 Å². The van der Waals surface area contributed by atoms with Crippen molar-refractivity contribution in [2.45, 2.75) is 0 Å². The van der Waals surface area contributed by atoms with Gasteiger partial charge in [-0.05, 0) is 36.4 Å². The molecule has 7 heteroatoms. The Hall–Kier alpha value is -5.76. The summed E-state index contributed by atoms with van der Waals surface area (Å²) in [5.41, 5.74) is 6.52. The third-order valence-electron chi connectivity index (χ3n) is 8.56. The van der Waals surface area contributed by atoms with Gasteiger partial charge in [0.05, 0.1) is 10.2 Å². The molecule has 4 aromatic heterocycles. The summed E-state index contributed by atoms with van der Waals surface area (Å²) in [6.45, 7) is 0. The maximum Gasteiger partial charge on any atom is 0.164 e. The van der Waals surface area contributed by atoms with Gasteiger partial charge in [-0.3, -0.25) is 0 Å². The molecule has 0 unspecified atom stereocenters. The first-order chi connectivity index (χ1) is 23.2. The number of rotatable bonds is 4. The lowest BCUT2D eigenvalue weighted by molar-refractivity contribution is 0.669. The van der Waals surface area contributed by atoms with Crippen LogP contribution in [-0.4, -0.2) is 19.9 Å². The molecule has 0 bridgehead atoms. The van der Waals surface area contributed by atoms with Gasteiger partial charge in [0.1, 0.15) is 16.2 Å². The van der Waals surface area contributed by atoms with Crippen molar-refractivity contribution in [2.24, 2.45) is 0 Å². The van der Waals surface area contributed by atoms with Crippen LogP contribution < -0.4 is 0 Å². The molecule has 0 N–H and O–H groups in total. The topological polar surface area (TPSA) is 64.7 Å². The van der Waals surface area contributed by atoms with Gasteiger partial charge in [-0.2, -0.15) is 0 Å². The first-order valence-electron chi connectivity index (χ1n) is 15.3. The van der Waals surface area contributed by atoms with E-state index in [0.717, 1.165) is 59.4 Å². The van der Waals surface area contributed by atoms with Crippen molar-refractivity contribution < 1.29 is 4.42 Å². The normalized spacial score (nSPS) is 11.8. The molecule has 0 spiro atoms. The molecule has 0 amide bonds. The Morgan fingerprint density at radius 3 is 1.83 bits per heavy atom. The van der Waals surface area contributed by atoms with Crippen LogP contribution >= 0.6 is 22.7 Å². The minimum atomic E-state index is 0.614. The quantitative estimate of drug-likeness (QED) is 0.192. The Labute approximate surface area is 276 Å². The first-order valence-corrected chi connectivity index (χ1v) is 16.9. The second kappa shape index (κ2) is 10.4. The standard InChI is InChI=1S/C40H22N4OS2/c1-3-9-23(10-4-1)37-42-38(44-39(43-37)26-15-17-28-27-13-7-8-14-34(27)46-35(28)20-26)25-16-18-32-29(19-25)30-21-31-36(22-33(30)45-32)47-40(41-31)24-11-5-2-6-12-24/h1-22H. The number of nitrogens with zero attached hydrogens (tertiary/aromatic N) is 4. The monoisotopic (exact) mass is 638 g/mol. The highest BCUT2D eigenvalue weighted by molar-refractivity contribution is 7.25. The second-order valence-corrected chi connectivity index (χ2v) is 13.6. The van der Waals surface area contributed by atoms with E-state index in [1.54, 1.807) is 22.7 Å². The van der Waals surface area contributed by atoms with Gasteiger partial charge in [-0.15, -0.1) is 22.7 Å². The molecule has 0 aliphatic rings. The van der Waals surface area contributed by atoms with Crippen LogP contribution in [0.15, 0.2) is 138 Å². The molecule has 47 heavy (non-hydrogen) atoms. The average molecular weight is 639 g/mol. The molecular formula is C40H22N4OS2. The molecule has 0 aliphatic heterocycles. The van der Waals surface area contributed by atoms with Crippen molar-refractivity contribution in [3.05, 3.63) is 133 Å². The van der Waals surface area contributed by atoms with Gasteiger partial charge >= 0.3 is 0 Å². The maximum absolute atomic E-state index is 6.35. The molecule has 0 aliphatic carbocycles. The summed E-state index contributed by atoms with van der Waals surface area (Å²) in [7, 11) is 0. The number of hydrogen-bond donors (Lipinski definition) is 0. The summed E-state index contributed by atoms with van der Waals surface area (Å²) in [6.07, 6.45) is 0. The van der Waals surface area contributed by atoms with Gasteiger partial charge in [0, 0.05) is 59.3 Å². The Bertz CT molecular complexity index is 2800. The smallest absolute Gasteiger partial charge is 0.164 e. The van der Waals surface area contributed by atoms with Crippen molar-refractivity contribution in [1.82, 2.24) is 19.9 Å². The predicted molar refractivity (Wildman–Crippen MR) is 195 cm³/mol. The lowest BCUT2D eigenvalue weighted by atomic mass is 10.1. The molecule has 6 aromatic carbocycles. The summed E-state index contributed by atoms with van der Waals surface area (Å²) >= 11 is 3.47. The van der Waals surface area contributed by atoms with E-state index in [2.05, 4.69) is 72.8 Å². The fraction of sp³-hybridized carbons (Fsp3) is 0. The minimum absolute atomic E-state index is 0.614. The molecule has 220 valence electrons. The van der Waals surface area contributed by atoms with Crippen LogP contribution in [0.4, 0.5) is 0 Å². The Kier molecular flexibility index (Phi) is 5.85. The number of thiophene rings is 1. The number of thiazole rings is 1. The third kappa shape index (κ3) is 4.43. The van der Waals surface area contributed by atoms with E-state index in [-0.39, 0.29) is 0 Å². The molecule has 0 atom stereocenters. The van der Waals surface area contributed by atoms with Gasteiger partial charge in [-0.25, -0.2) is 19.9 Å². The Balaban J connectivity index is 1.13. The van der Waals surface area contributed by atoms with Crippen molar-refractivity contribution in [2.75, 3.05) is 0 Å². The molecule has 0 fully saturated rings. The lowest BCUT2D eigenvalue weighted by Gasteiger charge is -2.08. The highest BCUT2D eigenvalue weighted by Gasteiger charge is 2.17. The van der Waals surface area contributed by atoms with E-state index in [1.807, 2.05) is 60.7 Å². The van der Waals surface area contributed by atoms with Crippen molar-refractivity contribution in [1.29, 1.82) is 0 Å². The fourth-order valence-electron chi connectivity index (χ4n) is 6.26. The third-order valence-corrected chi connectivity index (χ3v) is 10.8. The van der Waals surface area contributed by atoms with Gasteiger partial charge in [0.2, 0.25) is 0 Å². The zero-order valence-electron chi connectivity index (χ0n) is 24.7. The largest absolute Gasteiger partial charge is 0.456 e. The Morgan fingerprint density at radius 2 is 1.02 bits per heavy atom. The van der Waals surface area contributed by atoms with Gasteiger partial charge in [0.25, 0.3) is 0 Å². The van der Waals surface area contributed by atoms with Crippen LogP contribution in [0.25, 0.3) is 97.1 Å². The van der Waals surface area contributed by atoms with Crippen LogP contribution in [0.2, 0.25) is 0 Å². The highest BCUT2D eigenvalue weighted by atomic mass is 32.1. The molecule has 5 nitrogen and oxygen atoms in total. The van der Waals surface area contributed by atoms with Crippen LogP contribution in [0.1, 0.15) is 0 Å². The number of fused-ring (bicyclic) bond motifs is 7. The molecule has 0 saturated heterocycles. The number of hydrogen-bond acceptors (Lipinski definition) is 7. The predicted octanol–water partition coefficient (Wildman–Crippen LogP) is 11.4. The zero-order valence-corrected chi connectivity index (χ0v) is 26.3. The molecule has 0 saturated carbocycles. The molecule has 10 rings (SSSR count). The SMILES string of the molecule is c1ccc(-c2nc(-c3ccc4c(c3)sc3ccccc34)nc(-c3ccc4oc5cc6sc(-c7ccccc7)nc6cc5c4c3)n2)cc1. The Morgan fingerprint density at radius 1 is 0.383 bits per heavy atom. The van der Waals surface area contributed by atoms with Gasteiger partial charge < -0.3 is 4.42 Å². The molecular weight excluding hydrogens is 617 g/mol. The van der Waals surface area contributed by atoms with Crippen LogP contribution in [0.5, 0.6) is 0 Å². The average Bonchev–Trinajstić information content (AvgIpc) is 3.83. The molecule has 10 aromatic rings. The maximum atomic E-state index is 6.35. The molecule has 4 heterocycles. The van der Waals surface area contributed by atoms with E-state index in [0.29, 0.717) is 17.5 Å². The van der Waals surface area contributed by atoms with Crippen molar-refractivity contribution >= 4 is 75.0 Å². The van der Waals surface area contributed by atoms with Gasteiger partial charge in [0.15, 0.2) is 17.5 Å². The summed E-state index contributed by atoms with van der Waals surface area (Å²) in [4.78, 5) is 20.0. The summed E-state index contributed by atoms with van der Waals surface area (Å²) in [6, 6.07) is 45.8. The minimum Gasteiger partial charge on any atom is -0.456 e. The zero-order chi connectivity index (χ0) is 30.9. The lowest BCUT2D eigenvalue weighted by Crippen LogP contribution is -2.00. The van der Waals surface area contributed by atoms with E-state index in [4.69, 9.17) is 24.4 Å². The van der Waals surface area contributed by atoms with Crippen molar-refractivity contribution in [3.8, 4) is 44.7 Å². The van der Waals surface area contributed by atoms with Gasteiger partial charge in [-0.1, -0.05) is 91.0 Å². The highest BCUT2D eigenvalue weighted by Crippen LogP contribution is 2.39. The second-order valence-electron chi connectivity index (χ2n) is 11.5. The summed E-state index contributed by atoms with van der Waals surface area (Å²) in [5, 5.41) is 5.54. The summed E-state index contributed by atoms with van der Waals surface area (Å²) < 4.78 is 9.92. The van der Waals surface area contributed by atoms with Crippen LogP contribution in [-0.2, 0) is 0 Å².